The lowest BCUT2D eigenvalue weighted by molar-refractivity contribution is 0.125. The molecule has 1 heteroatoms. The van der Waals surface area contributed by atoms with Crippen molar-refractivity contribution in [1.82, 2.24) is 0 Å². The molecule has 1 aliphatic rings. The lowest BCUT2D eigenvalue weighted by Crippen LogP contribution is -1.97. The van der Waals surface area contributed by atoms with Gasteiger partial charge >= 0.3 is 0 Å². The Hall–Kier alpha value is -0.0400. The summed E-state index contributed by atoms with van der Waals surface area (Å²) in [4.78, 5) is 0. The minimum Gasteiger partial charge on any atom is -0.381 e. The number of rotatable bonds is 0. The molecule has 0 aromatic rings. The van der Waals surface area contributed by atoms with Gasteiger partial charge in [-0.25, -0.2) is 0 Å². The first kappa shape index (κ1) is 20.0. The Labute approximate surface area is 140 Å². The van der Waals surface area contributed by atoms with Gasteiger partial charge in [-0.15, -0.1) is 0 Å². The topological polar surface area (TPSA) is 9.23 Å². The van der Waals surface area contributed by atoms with E-state index in [-0.39, 0.29) is 0 Å². The van der Waals surface area contributed by atoms with Crippen molar-refractivity contribution >= 4 is 0 Å². The normalized spacial score (nSPS) is 24.0. The highest BCUT2D eigenvalue weighted by Gasteiger charge is 1.96. The van der Waals surface area contributed by atoms with Crippen LogP contribution in [0.5, 0.6) is 0 Å². The molecule has 1 fully saturated rings. The van der Waals surface area contributed by atoms with Crippen molar-refractivity contribution in [3.05, 3.63) is 0 Å². The summed E-state index contributed by atoms with van der Waals surface area (Å²) >= 11 is 0. The monoisotopic (exact) mass is 310 g/mol. The summed E-state index contributed by atoms with van der Waals surface area (Å²) in [5, 5.41) is 0. The molecule has 1 nitrogen and oxygen atoms in total. The zero-order valence-corrected chi connectivity index (χ0v) is 15.3. The van der Waals surface area contributed by atoms with Crippen molar-refractivity contribution in [2.45, 2.75) is 122 Å². The van der Waals surface area contributed by atoms with Gasteiger partial charge in [-0.2, -0.15) is 0 Å². The predicted octanol–water partition coefficient (Wildman–Crippen LogP) is 7.43. The van der Waals surface area contributed by atoms with E-state index in [2.05, 4.69) is 0 Å². The van der Waals surface area contributed by atoms with Gasteiger partial charge in [0.05, 0.1) is 0 Å². The molecule has 22 heavy (non-hydrogen) atoms. The molecule has 0 radical (unpaired) electrons. The maximum atomic E-state index is 5.75. The maximum Gasteiger partial charge on any atom is 0.0466 e. The molecule has 0 aliphatic carbocycles. The molecular formula is C21H42O. The Morgan fingerprint density at radius 3 is 0.636 bits per heavy atom. The molecule has 0 bridgehead atoms. The van der Waals surface area contributed by atoms with E-state index >= 15 is 0 Å². The van der Waals surface area contributed by atoms with E-state index in [1.807, 2.05) is 0 Å². The van der Waals surface area contributed by atoms with Crippen LogP contribution in [0.15, 0.2) is 0 Å². The van der Waals surface area contributed by atoms with Gasteiger partial charge in [0.2, 0.25) is 0 Å². The predicted molar refractivity (Wildman–Crippen MR) is 98.5 cm³/mol. The van der Waals surface area contributed by atoms with Crippen LogP contribution >= 0.6 is 0 Å². The molecule has 1 aliphatic heterocycles. The van der Waals surface area contributed by atoms with E-state index in [0.717, 1.165) is 13.2 Å². The molecule has 0 N–H and O–H groups in total. The Balaban J connectivity index is 2.00. The Bertz CT molecular complexity index is 104. The molecule has 0 spiro atoms. The van der Waals surface area contributed by atoms with Gasteiger partial charge < -0.3 is 4.74 Å². The van der Waals surface area contributed by atoms with Gasteiger partial charge in [0.25, 0.3) is 0 Å². The standard InChI is InChI=1S/C21H42O/c1-2-4-6-8-10-12-14-16-18-20-22-21-19-17-15-13-11-9-7-5-3-1/h1-21H2. The van der Waals surface area contributed by atoms with Gasteiger partial charge in [-0.3, -0.25) is 0 Å². The third-order valence-corrected chi connectivity index (χ3v) is 5.08. The highest BCUT2D eigenvalue weighted by molar-refractivity contribution is 4.51. The molecule has 1 heterocycles. The van der Waals surface area contributed by atoms with Gasteiger partial charge in [0, 0.05) is 13.2 Å². The van der Waals surface area contributed by atoms with Crippen LogP contribution < -0.4 is 0 Å². The third kappa shape index (κ3) is 14.9. The minimum atomic E-state index is 1.00. The van der Waals surface area contributed by atoms with Crippen molar-refractivity contribution in [3.63, 3.8) is 0 Å². The van der Waals surface area contributed by atoms with E-state index in [1.165, 1.54) is 122 Å². The number of ether oxygens (including phenoxy) is 1. The van der Waals surface area contributed by atoms with Crippen LogP contribution in [0.3, 0.4) is 0 Å². The van der Waals surface area contributed by atoms with Gasteiger partial charge in [-0.1, -0.05) is 109 Å². The molecule has 1 saturated heterocycles. The minimum absolute atomic E-state index is 1.00. The maximum absolute atomic E-state index is 5.75. The van der Waals surface area contributed by atoms with Crippen LogP contribution in [-0.4, -0.2) is 13.2 Å². The Morgan fingerprint density at radius 2 is 0.409 bits per heavy atom. The van der Waals surface area contributed by atoms with E-state index < -0.39 is 0 Å². The fourth-order valence-corrected chi connectivity index (χ4v) is 3.52. The summed E-state index contributed by atoms with van der Waals surface area (Å²) in [5.41, 5.74) is 0. The number of hydrogen-bond acceptors (Lipinski definition) is 1. The van der Waals surface area contributed by atoms with E-state index in [1.54, 1.807) is 0 Å². The summed E-state index contributed by atoms with van der Waals surface area (Å²) in [7, 11) is 0. The largest absolute Gasteiger partial charge is 0.381 e. The smallest absolute Gasteiger partial charge is 0.0466 e. The fourth-order valence-electron chi connectivity index (χ4n) is 3.52. The average molecular weight is 311 g/mol. The lowest BCUT2D eigenvalue weighted by Gasteiger charge is -2.06. The summed E-state index contributed by atoms with van der Waals surface area (Å²) < 4.78 is 5.75. The molecule has 0 aromatic heterocycles. The SMILES string of the molecule is C1CCCCCCCCCCOCCCCCCCCCC1. The second-order valence-electron chi connectivity index (χ2n) is 7.33. The van der Waals surface area contributed by atoms with Crippen LogP contribution in [-0.2, 0) is 4.74 Å². The molecular weight excluding hydrogens is 268 g/mol. The Morgan fingerprint density at radius 1 is 0.227 bits per heavy atom. The van der Waals surface area contributed by atoms with Crippen molar-refractivity contribution in [2.75, 3.05) is 13.2 Å². The van der Waals surface area contributed by atoms with E-state index in [0.29, 0.717) is 0 Å². The molecule has 0 atom stereocenters. The first-order valence-electron chi connectivity index (χ1n) is 10.6. The van der Waals surface area contributed by atoms with Crippen molar-refractivity contribution in [3.8, 4) is 0 Å². The van der Waals surface area contributed by atoms with Crippen LogP contribution in [0, 0.1) is 0 Å². The Kier molecular flexibility index (Phi) is 15.7. The van der Waals surface area contributed by atoms with Gasteiger partial charge in [-0.05, 0) is 12.8 Å². The highest BCUT2D eigenvalue weighted by atomic mass is 16.5. The molecule has 1 rings (SSSR count). The lowest BCUT2D eigenvalue weighted by atomic mass is 10.0. The molecule has 0 aromatic carbocycles. The number of hydrogen-bond donors (Lipinski definition) is 0. The van der Waals surface area contributed by atoms with E-state index in [4.69, 9.17) is 4.74 Å². The van der Waals surface area contributed by atoms with Gasteiger partial charge in [0.1, 0.15) is 0 Å². The zero-order chi connectivity index (χ0) is 15.6. The van der Waals surface area contributed by atoms with Crippen molar-refractivity contribution in [2.24, 2.45) is 0 Å². The first-order chi connectivity index (χ1) is 11.0. The second-order valence-corrected chi connectivity index (χ2v) is 7.33. The van der Waals surface area contributed by atoms with Crippen LogP contribution in [0.25, 0.3) is 0 Å². The molecule has 0 unspecified atom stereocenters. The van der Waals surface area contributed by atoms with Crippen LogP contribution in [0.1, 0.15) is 122 Å². The van der Waals surface area contributed by atoms with Crippen LogP contribution in [0.2, 0.25) is 0 Å². The summed E-state index contributed by atoms with van der Waals surface area (Å²) in [6.07, 6.45) is 27.3. The van der Waals surface area contributed by atoms with Crippen LogP contribution in [0.4, 0.5) is 0 Å². The summed E-state index contributed by atoms with van der Waals surface area (Å²) in [6.45, 7) is 2.00. The molecule has 0 saturated carbocycles. The third-order valence-electron chi connectivity index (χ3n) is 5.08. The average Bonchev–Trinajstić information content (AvgIpc) is 2.53. The van der Waals surface area contributed by atoms with Crippen molar-refractivity contribution in [1.29, 1.82) is 0 Å². The fraction of sp³-hybridized carbons (Fsp3) is 1.00. The highest BCUT2D eigenvalue weighted by Crippen LogP contribution is 2.14. The molecule has 132 valence electrons. The van der Waals surface area contributed by atoms with Gasteiger partial charge in [0.15, 0.2) is 0 Å². The first-order valence-corrected chi connectivity index (χ1v) is 10.6. The molecule has 0 amide bonds. The second kappa shape index (κ2) is 17.3. The quantitative estimate of drug-likeness (QED) is 0.452. The van der Waals surface area contributed by atoms with Crippen molar-refractivity contribution < 1.29 is 4.74 Å². The summed E-state index contributed by atoms with van der Waals surface area (Å²) in [6, 6.07) is 0. The summed E-state index contributed by atoms with van der Waals surface area (Å²) in [5.74, 6) is 0. The van der Waals surface area contributed by atoms with E-state index in [9.17, 15) is 0 Å². The zero-order valence-electron chi connectivity index (χ0n) is 15.3.